The minimum atomic E-state index is -0.318. The summed E-state index contributed by atoms with van der Waals surface area (Å²) in [6, 6.07) is 9.85. The maximum atomic E-state index is 13.2. The van der Waals surface area contributed by atoms with Crippen LogP contribution < -0.4 is 10.3 Å². The summed E-state index contributed by atoms with van der Waals surface area (Å²) in [7, 11) is 1.52. The zero-order valence-corrected chi connectivity index (χ0v) is 15.7. The smallest absolute Gasteiger partial charge is 0.257 e. The van der Waals surface area contributed by atoms with Gasteiger partial charge >= 0.3 is 0 Å². The number of likely N-dealkylation sites (tertiary alicyclic amines) is 1. The third-order valence-electron chi connectivity index (χ3n) is 5.66. The zero-order valence-electron chi connectivity index (χ0n) is 15.0. The van der Waals surface area contributed by atoms with E-state index in [1.54, 1.807) is 33.7 Å². The molecule has 7 heteroatoms. The highest BCUT2D eigenvalue weighted by Gasteiger charge is 2.41. The topological polar surface area (TPSA) is 71.8 Å². The Hall–Kier alpha value is -2.31. The van der Waals surface area contributed by atoms with Gasteiger partial charge in [-0.1, -0.05) is 17.7 Å². The average Bonchev–Trinajstić information content (AvgIpc) is 2.68. The van der Waals surface area contributed by atoms with Crippen LogP contribution in [0.5, 0.6) is 5.75 Å². The highest BCUT2D eigenvalue weighted by atomic mass is 35.5. The summed E-state index contributed by atoms with van der Waals surface area (Å²) in [5.41, 5.74) is 1.21. The molecule has 1 aromatic heterocycles. The Balaban J connectivity index is 1.71. The maximum absolute atomic E-state index is 13.2. The molecule has 2 bridgehead atoms. The first kappa shape index (κ1) is 18.1. The predicted molar refractivity (Wildman–Crippen MR) is 102 cm³/mol. The van der Waals surface area contributed by atoms with Gasteiger partial charge in [-0.15, -0.1) is 0 Å². The predicted octanol–water partition coefficient (Wildman–Crippen LogP) is 2.30. The molecule has 142 valence electrons. The molecule has 0 aliphatic carbocycles. The summed E-state index contributed by atoms with van der Waals surface area (Å²) in [6.45, 7) is 0.875. The number of halogens is 1. The van der Waals surface area contributed by atoms with Gasteiger partial charge in [0.2, 0.25) is 0 Å². The van der Waals surface area contributed by atoms with Crippen LogP contribution in [0.15, 0.2) is 41.2 Å². The second-order valence-corrected chi connectivity index (χ2v) is 7.59. The molecule has 3 atom stereocenters. The summed E-state index contributed by atoms with van der Waals surface area (Å²) >= 11 is 6.09. The van der Waals surface area contributed by atoms with Crippen LogP contribution >= 0.6 is 11.6 Å². The number of amides is 1. The fraction of sp³-hybridized carbons (Fsp3) is 0.400. The van der Waals surface area contributed by atoms with Crippen LogP contribution in [0.2, 0.25) is 5.02 Å². The Morgan fingerprint density at radius 2 is 2.11 bits per heavy atom. The number of benzene rings is 1. The molecule has 1 fully saturated rings. The van der Waals surface area contributed by atoms with Crippen LogP contribution in [0, 0.1) is 5.92 Å². The first-order chi connectivity index (χ1) is 13.0. The molecular formula is C20H21ClN2O4. The molecule has 27 heavy (non-hydrogen) atoms. The number of fused-ring (bicyclic) bond motifs is 4. The number of aliphatic hydroxyl groups is 1. The van der Waals surface area contributed by atoms with Crippen molar-refractivity contribution in [2.75, 3.05) is 26.8 Å². The first-order valence-electron chi connectivity index (χ1n) is 8.98. The summed E-state index contributed by atoms with van der Waals surface area (Å²) in [5.74, 6) is 0.424. The van der Waals surface area contributed by atoms with Gasteiger partial charge in [-0.2, -0.15) is 0 Å². The Morgan fingerprint density at radius 3 is 2.85 bits per heavy atom. The fourth-order valence-electron chi connectivity index (χ4n) is 4.46. The lowest BCUT2D eigenvalue weighted by molar-refractivity contribution is 0.0435. The Morgan fingerprint density at radius 1 is 1.30 bits per heavy atom. The Kier molecular flexibility index (Phi) is 4.70. The first-order valence-corrected chi connectivity index (χ1v) is 9.36. The van der Waals surface area contributed by atoms with Gasteiger partial charge in [0.25, 0.3) is 11.5 Å². The Bertz CT molecular complexity index is 942. The van der Waals surface area contributed by atoms with Crippen LogP contribution in [0.25, 0.3) is 0 Å². The third-order valence-corrected chi connectivity index (χ3v) is 5.90. The molecule has 2 aromatic rings. The largest absolute Gasteiger partial charge is 0.496 e. The van der Waals surface area contributed by atoms with Gasteiger partial charge in [-0.05, 0) is 30.7 Å². The van der Waals surface area contributed by atoms with Crippen molar-refractivity contribution in [3.8, 4) is 5.75 Å². The van der Waals surface area contributed by atoms with Gasteiger partial charge in [0.05, 0.1) is 25.3 Å². The minimum absolute atomic E-state index is 0.0236. The van der Waals surface area contributed by atoms with Gasteiger partial charge in [0, 0.05) is 41.7 Å². The van der Waals surface area contributed by atoms with E-state index in [9.17, 15) is 14.7 Å². The second kappa shape index (κ2) is 7.02. The number of aromatic nitrogens is 1. The van der Waals surface area contributed by atoms with Crippen molar-refractivity contribution in [3.63, 3.8) is 0 Å². The highest BCUT2D eigenvalue weighted by Crippen LogP contribution is 2.41. The summed E-state index contributed by atoms with van der Waals surface area (Å²) < 4.78 is 7.04. The molecule has 4 rings (SSSR count). The number of hydrogen-bond acceptors (Lipinski definition) is 4. The molecule has 6 nitrogen and oxygen atoms in total. The lowest BCUT2D eigenvalue weighted by Gasteiger charge is -2.46. The standard InChI is InChI=1S/C20H21ClN2O4/c1-27-18-6-5-14(21)8-15(18)20(26)22-9-12-7-13(10-22)17(11-24)23-16(12)3-2-4-19(23)25/h2-6,8,12-13,17,24H,7,9-11H2,1H3/t12-,13+,17+/m1/s1. The molecule has 2 aliphatic rings. The van der Waals surface area contributed by atoms with Gasteiger partial charge < -0.3 is 19.3 Å². The number of aliphatic hydroxyl groups excluding tert-OH is 1. The van der Waals surface area contributed by atoms with Crippen molar-refractivity contribution >= 4 is 17.5 Å². The molecule has 0 saturated carbocycles. The van der Waals surface area contributed by atoms with Crippen molar-refractivity contribution < 1.29 is 14.6 Å². The molecule has 1 N–H and O–H groups in total. The van der Waals surface area contributed by atoms with Crippen molar-refractivity contribution in [1.29, 1.82) is 0 Å². The number of methoxy groups -OCH3 is 1. The summed E-state index contributed by atoms with van der Waals surface area (Å²) in [5, 5.41) is 10.4. The van der Waals surface area contributed by atoms with E-state index in [0.29, 0.717) is 29.4 Å². The molecule has 3 heterocycles. The monoisotopic (exact) mass is 388 g/mol. The third kappa shape index (κ3) is 3.03. The van der Waals surface area contributed by atoms with Gasteiger partial charge in [-0.3, -0.25) is 9.59 Å². The van der Waals surface area contributed by atoms with Crippen LogP contribution in [0.4, 0.5) is 0 Å². The number of piperidine rings is 1. The molecule has 1 aromatic carbocycles. The zero-order chi connectivity index (χ0) is 19.1. The van der Waals surface area contributed by atoms with E-state index in [0.717, 1.165) is 12.1 Å². The molecule has 2 aliphatic heterocycles. The van der Waals surface area contributed by atoms with Crippen molar-refractivity contribution in [1.82, 2.24) is 9.47 Å². The van der Waals surface area contributed by atoms with Crippen molar-refractivity contribution in [2.24, 2.45) is 5.92 Å². The maximum Gasteiger partial charge on any atom is 0.257 e. The van der Waals surface area contributed by atoms with Gasteiger partial charge in [-0.25, -0.2) is 0 Å². The van der Waals surface area contributed by atoms with E-state index >= 15 is 0 Å². The lowest BCUT2D eigenvalue weighted by Crippen LogP contribution is -2.51. The normalized spacial score (nSPS) is 23.7. The lowest BCUT2D eigenvalue weighted by atomic mass is 9.78. The van der Waals surface area contributed by atoms with Crippen molar-refractivity contribution in [3.05, 3.63) is 63.0 Å². The molecule has 0 spiro atoms. The molecule has 1 amide bonds. The van der Waals surface area contributed by atoms with E-state index < -0.39 is 0 Å². The number of ether oxygens (including phenoxy) is 1. The van der Waals surface area contributed by atoms with Crippen LogP contribution in [0.3, 0.4) is 0 Å². The van der Waals surface area contributed by atoms with E-state index in [2.05, 4.69) is 0 Å². The molecule has 0 radical (unpaired) electrons. The van der Waals surface area contributed by atoms with E-state index in [1.807, 2.05) is 6.07 Å². The number of carbonyl (C=O) groups is 1. The van der Waals surface area contributed by atoms with E-state index in [1.165, 1.54) is 13.2 Å². The number of carbonyl (C=O) groups excluding carboxylic acids is 1. The Labute approximate surface area is 161 Å². The van der Waals surface area contributed by atoms with Gasteiger partial charge in [0.15, 0.2) is 0 Å². The number of pyridine rings is 1. The highest BCUT2D eigenvalue weighted by molar-refractivity contribution is 6.31. The quantitative estimate of drug-likeness (QED) is 0.875. The molecular weight excluding hydrogens is 368 g/mol. The average molecular weight is 389 g/mol. The number of hydrogen-bond donors (Lipinski definition) is 1. The minimum Gasteiger partial charge on any atom is -0.496 e. The van der Waals surface area contributed by atoms with Crippen molar-refractivity contribution in [2.45, 2.75) is 18.4 Å². The fourth-order valence-corrected chi connectivity index (χ4v) is 4.63. The number of nitrogens with zero attached hydrogens (tertiary/aromatic N) is 2. The number of rotatable bonds is 3. The van der Waals surface area contributed by atoms with Crippen LogP contribution in [-0.2, 0) is 0 Å². The molecule has 1 saturated heterocycles. The van der Waals surface area contributed by atoms with Gasteiger partial charge in [0.1, 0.15) is 5.75 Å². The second-order valence-electron chi connectivity index (χ2n) is 7.16. The molecule has 0 unspecified atom stereocenters. The SMILES string of the molecule is COc1ccc(Cl)cc1C(=O)N1C[C@H]2C[C@@H](C1)[C@H](CO)n1c2cccc1=O. The van der Waals surface area contributed by atoms with Crippen LogP contribution in [-0.4, -0.2) is 47.3 Å². The summed E-state index contributed by atoms with van der Waals surface area (Å²) in [4.78, 5) is 27.3. The van der Waals surface area contributed by atoms with Crippen LogP contribution in [0.1, 0.15) is 34.4 Å². The van der Waals surface area contributed by atoms with E-state index in [4.69, 9.17) is 16.3 Å². The summed E-state index contributed by atoms with van der Waals surface area (Å²) in [6.07, 6.45) is 0.852. The van der Waals surface area contributed by atoms with E-state index in [-0.39, 0.29) is 36.0 Å².